The van der Waals surface area contributed by atoms with Crippen molar-refractivity contribution in [3.05, 3.63) is 95.1 Å². The van der Waals surface area contributed by atoms with Crippen molar-refractivity contribution in [1.29, 1.82) is 0 Å². The van der Waals surface area contributed by atoms with E-state index in [1.165, 1.54) is 11.1 Å². The molecule has 3 aromatic carbocycles. The zero-order valence-electron chi connectivity index (χ0n) is 20.2. The molecule has 174 valence electrons. The SMILES string of the molecule is CCCN(C)C(=O)c1ccc(CSc2nnc(-c3ccc(C)cc3)n2-c2cccc(C)c2)cc1. The molecule has 34 heavy (non-hydrogen) atoms. The van der Waals surface area contributed by atoms with Crippen molar-refractivity contribution in [3.63, 3.8) is 0 Å². The molecule has 1 heterocycles. The van der Waals surface area contributed by atoms with E-state index in [1.54, 1.807) is 16.7 Å². The average Bonchev–Trinajstić information content (AvgIpc) is 3.27. The molecule has 0 aliphatic heterocycles. The lowest BCUT2D eigenvalue weighted by atomic mass is 10.1. The van der Waals surface area contributed by atoms with E-state index in [-0.39, 0.29) is 5.91 Å². The smallest absolute Gasteiger partial charge is 0.253 e. The summed E-state index contributed by atoms with van der Waals surface area (Å²) in [6.07, 6.45) is 0.948. The van der Waals surface area contributed by atoms with Crippen molar-refractivity contribution in [3.8, 4) is 17.1 Å². The van der Waals surface area contributed by atoms with E-state index in [2.05, 4.69) is 84.1 Å². The van der Waals surface area contributed by atoms with Gasteiger partial charge in [-0.3, -0.25) is 9.36 Å². The Morgan fingerprint density at radius 1 is 0.941 bits per heavy atom. The van der Waals surface area contributed by atoms with Gasteiger partial charge in [0.15, 0.2) is 11.0 Å². The molecular weight excluding hydrogens is 440 g/mol. The fraction of sp³-hybridized carbons (Fsp3) is 0.250. The van der Waals surface area contributed by atoms with Crippen LogP contribution in [0.5, 0.6) is 0 Å². The third-order valence-electron chi connectivity index (χ3n) is 5.68. The summed E-state index contributed by atoms with van der Waals surface area (Å²) in [5.41, 5.74) is 6.33. The zero-order chi connectivity index (χ0) is 24.1. The molecule has 1 aromatic heterocycles. The molecule has 0 aliphatic rings. The highest BCUT2D eigenvalue weighted by molar-refractivity contribution is 7.98. The molecule has 0 fully saturated rings. The predicted molar refractivity (Wildman–Crippen MR) is 140 cm³/mol. The molecule has 0 bridgehead atoms. The number of hydrogen-bond donors (Lipinski definition) is 0. The predicted octanol–water partition coefficient (Wildman–Crippen LogP) is 6.33. The molecule has 0 spiro atoms. The lowest BCUT2D eigenvalue weighted by molar-refractivity contribution is 0.0795. The van der Waals surface area contributed by atoms with Gasteiger partial charge in [0.25, 0.3) is 5.91 Å². The van der Waals surface area contributed by atoms with Crippen LogP contribution in [-0.2, 0) is 5.75 Å². The van der Waals surface area contributed by atoms with Gasteiger partial charge in [-0.2, -0.15) is 0 Å². The monoisotopic (exact) mass is 470 g/mol. The maximum absolute atomic E-state index is 12.5. The van der Waals surface area contributed by atoms with Crippen molar-refractivity contribution in [1.82, 2.24) is 19.7 Å². The van der Waals surface area contributed by atoms with Crippen LogP contribution in [0.15, 0.2) is 78.0 Å². The number of carbonyl (C=O) groups excluding carboxylic acids is 1. The Morgan fingerprint density at radius 3 is 2.35 bits per heavy atom. The van der Waals surface area contributed by atoms with Crippen molar-refractivity contribution in [2.24, 2.45) is 0 Å². The van der Waals surface area contributed by atoms with Gasteiger partial charge in [-0.1, -0.05) is 72.8 Å². The van der Waals surface area contributed by atoms with Gasteiger partial charge in [0, 0.05) is 36.2 Å². The van der Waals surface area contributed by atoms with Crippen LogP contribution in [0.3, 0.4) is 0 Å². The zero-order valence-corrected chi connectivity index (χ0v) is 21.0. The van der Waals surface area contributed by atoms with E-state index >= 15 is 0 Å². The summed E-state index contributed by atoms with van der Waals surface area (Å²) in [5, 5.41) is 9.93. The Morgan fingerprint density at radius 2 is 1.68 bits per heavy atom. The number of rotatable bonds is 8. The first kappa shape index (κ1) is 23.8. The molecule has 4 aromatic rings. The number of hydrogen-bond acceptors (Lipinski definition) is 4. The van der Waals surface area contributed by atoms with Crippen LogP contribution >= 0.6 is 11.8 Å². The van der Waals surface area contributed by atoms with Gasteiger partial charge in [-0.05, 0) is 55.7 Å². The highest BCUT2D eigenvalue weighted by atomic mass is 32.2. The van der Waals surface area contributed by atoms with Gasteiger partial charge in [0.1, 0.15) is 0 Å². The van der Waals surface area contributed by atoms with Gasteiger partial charge >= 0.3 is 0 Å². The first-order valence-corrected chi connectivity index (χ1v) is 12.5. The Hall–Kier alpha value is -3.38. The summed E-state index contributed by atoms with van der Waals surface area (Å²) < 4.78 is 2.12. The minimum absolute atomic E-state index is 0.0583. The van der Waals surface area contributed by atoms with Crippen LogP contribution in [-0.4, -0.2) is 39.2 Å². The standard InChI is InChI=1S/C28H30N4OS/c1-5-17-31(4)27(33)24-15-11-22(12-16-24)19-34-28-30-29-26(23-13-9-20(2)10-14-23)32(28)25-8-6-7-21(3)18-25/h6-16,18H,5,17,19H2,1-4H3. The van der Waals surface area contributed by atoms with Crippen LogP contribution in [0.4, 0.5) is 0 Å². The second kappa shape index (κ2) is 10.7. The Kier molecular flexibility index (Phi) is 7.48. The van der Waals surface area contributed by atoms with E-state index in [1.807, 2.05) is 31.3 Å². The molecule has 0 unspecified atom stereocenters. The average molecular weight is 471 g/mol. The fourth-order valence-electron chi connectivity index (χ4n) is 3.80. The Bertz CT molecular complexity index is 1260. The molecule has 0 aliphatic carbocycles. The molecule has 1 amide bonds. The lowest BCUT2D eigenvalue weighted by Gasteiger charge is -2.16. The first-order chi connectivity index (χ1) is 16.5. The molecular formula is C28H30N4OS. The summed E-state index contributed by atoms with van der Waals surface area (Å²) in [4.78, 5) is 14.3. The maximum Gasteiger partial charge on any atom is 0.253 e. The van der Waals surface area contributed by atoms with Gasteiger partial charge in [-0.25, -0.2) is 0 Å². The van der Waals surface area contributed by atoms with Crippen LogP contribution in [0.25, 0.3) is 17.1 Å². The lowest BCUT2D eigenvalue weighted by Crippen LogP contribution is -2.27. The third-order valence-corrected chi connectivity index (χ3v) is 6.68. The Balaban J connectivity index is 1.59. The number of benzene rings is 3. The van der Waals surface area contributed by atoms with E-state index < -0.39 is 0 Å². The second-order valence-electron chi connectivity index (χ2n) is 8.56. The fourth-order valence-corrected chi connectivity index (χ4v) is 4.71. The normalized spacial score (nSPS) is 10.9. The molecule has 0 saturated heterocycles. The highest BCUT2D eigenvalue weighted by Crippen LogP contribution is 2.30. The van der Waals surface area contributed by atoms with Gasteiger partial charge in [-0.15, -0.1) is 10.2 Å². The summed E-state index contributed by atoms with van der Waals surface area (Å²) in [6, 6.07) is 24.6. The number of nitrogens with zero attached hydrogens (tertiary/aromatic N) is 4. The van der Waals surface area contributed by atoms with Crippen molar-refractivity contribution in [2.75, 3.05) is 13.6 Å². The van der Waals surface area contributed by atoms with Gasteiger partial charge in [0.2, 0.25) is 0 Å². The Labute approximate surface area is 205 Å². The van der Waals surface area contributed by atoms with Gasteiger partial charge < -0.3 is 4.90 Å². The topological polar surface area (TPSA) is 51.0 Å². The molecule has 5 nitrogen and oxygen atoms in total. The summed E-state index contributed by atoms with van der Waals surface area (Å²) in [5.74, 6) is 1.62. The largest absolute Gasteiger partial charge is 0.342 e. The number of aryl methyl sites for hydroxylation is 2. The molecule has 0 N–H and O–H groups in total. The minimum Gasteiger partial charge on any atom is -0.342 e. The summed E-state index contributed by atoms with van der Waals surface area (Å²) >= 11 is 1.64. The van der Waals surface area contributed by atoms with Crippen LogP contribution in [0.1, 0.15) is 40.4 Å². The number of amides is 1. The van der Waals surface area contributed by atoms with E-state index in [0.29, 0.717) is 5.56 Å². The van der Waals surface area contributed by atoms with Crippen molar-refractivity contribution in [2.45, 2.75) is 38.1 Å². The highest BCUT2D eigenvalue weighted by Gasteiger charge is 2.17. The first-order valence-electron chi connectivity index (χ1n) is 11.5. The molecule has 0 radical (unpaired) electrons. The molecule has 0 saturated carbocycles. The van der Waals surface area contributed by atoms with Crippen LogP contribution in [0, 0.1) is 13.8 Å². The van der Waals surface area contributed by atoms with E-state index in [0.717, 1.165) is 46.5 Å². The number of carbonyl (C=O) groups is 1. The number of thioether (sulfide) groups is 1. The van der Waals surface area contributed by atoms with Crippen molar-refractivity contribution >= 4 is 17.7 Å². The van der Waals surface area contributed by atoms with Crippen LogP contribution in [0.2, 0.25) is 0 Å². The molecule has 6 heteroatoms. The second-order valence-corrected chi connectivity index (χ2v) is 9.50. The maximum atomic E-state index is 12.5. The summed E-state index contributed by atoms with van der Waals surface area (Å²) in [6.45, 7) is 7.00. The van der Waals surface area contributed by atoms with Crippen LogP contribution < -0.4 is 0 Å². The third kappa shape index (κ3) is 5.39. The molecule has 4 rings (SSSR count). The van der Waals surface area contributed by atoms with Crippen molar-refractivity contribution < 1.29 is 4.79 Å². The summed E-state index contributed by atoms with van der Waals surface area (Å²) in [7, 11) is 1.85. The quantitative estimate of drug-likeness (QED) is 0.283. The van der Waals surface area contributed by atoms with E-state index in [9.17, 15) is 4.79 Å². The minimum atomic E-state index is 0.0583. The number of aromatic nitrogens is 3. The molecule has 0 atom stereocenters. The van der Waals surface area contributed by atoms with Gasteiger partial charge in [0.05, 0.1) is 0 Å². The van der Waals surface area contributed by atoms with E-state index in [4.69, 9.17) is 0 Å².